The van der Waals surface area contributed by atoms with Gasteiger partial charge in [-0.2, -0.15) is 0 Å². The van der Waals surface area contributed by atoms with Crippen molar-refractivity contribution in [1.29, 1.82) is 0 Å². The van der Waals surface area contributed by atoms with Crippen LogP contribution in [0.3, 0.4) is 0 Å². The van der Waals surface area contributed by atoms with Gasteiger partial charge in [-0.15, -0.1) is 0 Å². The Labute approximate surface area is 170 Å². The maximum absolute atomic E-state index is 13.3. The van der Waals surface area contributed by atoms with E-state index < -0.39 is 21.7 Å². The van der Waals surface area contributed by atoms with Gasteiger partial charge in [0.2, 0.25) is 5.88 Å². The SMILES string of the molecule is Cc1noc(NS(=O)(=O)c2ccc(NC(=O)c3cn4cc(F)ccc4n3)cc2)c1C. The molecule has 0 spiro atoms. The van der Waals surface area contributed by atoms with Crippen LogP contribution in [-0.2, 0) is 10.0 Å². The summed E-state index contributed by atoms with van der Waals surface area (Å²) in [6, 6.07) is 8.28. The number of halogens is 1. The van der Waals surface area contributed by atoms with E-state index in [1.54, 1.807) is 13.8 Å². The summed E-state index contributed by atoms with van der Waals surface area (Å²) in [5.74, 6) is -0.915. The summed E-state index contributed by atoms with van der Waals surface area (Å²) in [6.07, 6.45) is 2.61. The number of rotatable bonds is 5. The number of hydrogen-bond donors (Lipinski definition) is 2. The van der Waals surface area contributed by atoms with E-state index in [0.29, 0.717) is 22.6 Å². The Bertz CT molecular complexity index is 1360. The molecule has 0 fully saturated rings. The van der Waals surface area contributed by atoms with Crippen LogP contribution in [0.1, 0.15) is 21.7 Å². The van der Waals surface area contributed by atoms with Gasteiger partial charge < -0.3 is 14.2 Å². The first-order chi connectivity index (χ1) is 14.2. The van der Waals surface area contributed by atoms with Gasteiger partial charge in [-0.1, -0.05) is 5.16 Å². The maximum atomic E-state index is 13.3. The first-order valence-corrected chi connectivity index (χ1v) is 10.2. The highest BCUT2D eigenvalue weighted by atomic mass is 32.2. The molecule has 0 saturated carbocycles. The minimum absolute atomic E-state index is 0.0165. The number of fused-ring (bicyclic) bond motifs is 1. The lowest BCUT2D eigenvalue weighted by Gasteiger charge is -2.07. The number of hydrogen-bond acceptors (Lipinski definition) is 6. The smallest absolute Gasteiger partial charge is 0.275 e. The molecule has 3 heterocycles. The van der Waals surface area contributed by atoms with Crippen LogP contribution < -0.4 is 10.0 Å². The van der Waals surface area contributed by atoms with Gasteiger partial charge in [-0.25, -0.2) is 22.5 Å². The van der Waals surface area contributed by atoms with Crippen molar-refractivity contribution >= 4 is 33.1 Å². The van der Waals surface area contributed by atoms with Crippen LogP contribution in [0.15, 0.2) is 58.2 Å². The molecule has 3 aromatic heterocycles. The zero-order chi connectivity index (χ0) is 21.5. The van der Waals surface area contributed by atoms with Crippen LogP contribution in [0, 0.1) is 19.7 Å². The van der Waals surface area contributed by atoms with E-state index >= 15 is 0 Å². The number of benzene rings is 1. The van der Waals surface area contributed by atoms with Gasteiger partial charge in [0.15, 0.2) is 0 Å². The largest absolute Gasteiger partial charge is 0.337 e. The number of carbonyl (C=O) groups excluding carboxylic acids is 1. The molecule has 4 rings (SSSR count). The number of nitrogens with zero attached hydrogens (tertiary/aromatic N) is 3. The molecule has 0 radical (unpaired) electrons. The van der Waals surface area contributed by atoms with Crippen LogP contribution in [0.4, 0.5) is 16.0 Å². The molecular formula is C19H16FN5O4S. The lowest BCUT2D eigenvalue weighted by molar-refractivity contribution is 0.102. The molecule has 0 aliphatic rings. The molecular weight excluding hydrogens is 413 g/mol. The van der Waals surface area contributed by atoms with Crippen molar-refractivity contribution in [2.24, 2.45) is 0 Å². The number of anilines is 2. The van der Waals surface area contributed by atoms with Crippen LogP contribution in [0.25, 0.3) is 5.65 Å². The van der Waals surface area contributed by atoms with E-state index in [0.717, 1.165) is 0 Å². The molecule has 0 saturated heterocycles. The third-order valence-corrected chi connectivity index (χ3v) is 5.80. The Morgan fingerprint density at radius 3 is 2.50 bits per heavy atom. The highest BCUT2D eigenvalue weighted by Crippen LogP contribution is 2.22. The van der Waals surface area contributed by atoms with E-state index in [1.165, 1.54) is 53.2 Å². The summed E-state index contributed by atoms with van der Waals surface area (Å²) < 4.78 is 47.0. The number of imidazole rings is 1. The molecule has 0 aliphatic heterocycles. The molecule has 4 aromatic rings. The Morgan fingerprint density at radius 2 is 1.83 bits per heavy atom. The minimum Gasteiger partial charge on any atom is -0.337 e. The van der Waals surface area contributed by atoms with E-state index in [-0.39, 0.29) is 16.5 Å². The summed E-state index contributed by atoms with van der Waals surface area (Å²) in [5, 5.41) is 6.33. The normalized spacial score (nSPS) is 11.6. The second kappa shape index (κ2) is 7.26. The molecule has 0 bridgehead atoms. The average Bonchev–Trinajstić information content (AvgIpc) is 3.26. The molecule has 154 valence electrons. The van der Waals surface area contributed by atoms with Gasteiger partial charge in [0.05, 0.1) is 10.6 Å². The Balaban J connectivity index is 1.49. The topological polar surface area (TPSA) is 119 Å². The fourth-order valence-corrected chi connectivity index (χ4v) is 3.72. The molecule has 30 heavy (non-hydrogen) atoms. The van der Waals surface area contributed by atoms with Crippen LogP contribution in [-0.4, -0.2) is 28.9 Å². The molecule has 9 nitrogen and oxygen atoms in total. The first kappa shape index (κ1) is 19.6. The molecule has 11 heteroatoms. The van der Waals surface area contributed by atoms with Gasteiger partial charge >= 0.3 is 0 Å². The lowest BCUT2D eigenvalue weighted by atomic mass is 10.3. The molecule has 1 aromatic carbocycles. The predicted molar refractivity (Wildman–Crippen MR) is 106 cm³/mol. The quantitative estimate of drug-likeness (QED) is 0.503. The number of amides is 1. The van der Waals surface area contributed by atoms with E-state index in [2.05, 4.69) is 20.2 Å². The maximum Gasteiger partial charge on any atom is 0.275 e. The van der Waals surface area contributed by atoms with Crippen LogP contribution in [0.5, 0.6) is 0 Å². The summed E-state index contributed by atoms with van der Waals surface area (Å²) in [5.41, 5.74) is 2.06. The van der Waals surface area contributed by atoms with Gasteiger partial charge in [-0.05, 0) is 50.2 Å². The second-order valence-electron chi connectivity index (χ2n) is 6.55. The number of sulfonamides is 1. The Hall–Kier alpha value is -3.73. The van der Waals surface area contributed by atoms with Gasteiger partial charge in [-0.3, -0.25) is 4.79 Å². The van der Waals surface area contributed by atoms with Gasteiger partial charge in [0.1, 0.15) is 17.2 Å². The van der Waals surface area contributed by atoms with Crippen molar-refractivity contribution in [1.82, 2.24) is 14.5 Å². The number of nitrogens with one attached hydrogen (secondary N) is 2. The monoisotopic (exact) mass is 429 g/mol. The van der Waals surface area contributed by atoms with Crippen molar-refractivity contribution in [3.05, 3.63) is 71.6 Å². The zero-order valence-electron chi connectivity index (χ0n) is 15.9. The second-order valence-corrected chi connectivity index (χ2v) is 8.23. The Kier molecular flexibility index (Phi) is 4.74. The molecule has 2 N–H and O–H groups in total. The summed E-state index contributed by atoms with van der Waals surface area (Å²) >= 11 is 0. The summed E-state index contributed by atoms with van der Waals surface area (Å²) in [7, 11) is -3.89. The van der Waals surface area contributed by atoms with Crippen LogP contribution in [0.2, 0.25) is 0 Å². The third kappa shape index (κ3) is 3.74. The molecule has 0 aliphatic carbocycles. The Morgan fingerprint density at radius 1 is 1.10 bits per heavy atom. The van der Waals surface area contributed by atoms with E-state index in [4.69, 9.17) is 4.52 Å². The van der Waals surface area contributed by atoms with Crippen molar-refractivity contribution in [2.75, 3.05) is 10.0 Å². The van der Waals surface area contributed by atoms with Crippen LogP contribution >= 0.6 is 0 Å². The van der Waals surface area contributed by atoms with E-state index in [9.17, 15) is 17.6 Å². The highest BCUT2D eigenvalue weighted by molar-refractivity contribution is 7.92. The van der Waals surface area contributed by atoms with Crippen molar-refractivity contribution in [3.8, 4) is 0 Å². The number of aryl methyl sites for hydroxylation is 1. The third-order valence-electron chi connectivity index (χ3n) is 4.45. The number of aromatic nitrogens is 3. The number of carbonyl (C=O) groups is 1. The fraction of sp³-hybridized carbons (Fsp3) is 0.105. The van der Waals surface area contributed by atoms with Crippen molar-refractivity contribution in [2.45, 2.75) is 18.7 Å². The van der Waals surface area contributed by atoms with Gasteiger partial charge in [0.25, 0.3) is 15.9 Å². The summed E-state index contributed by atoms with van der Waals surface area (Å²) in [4.78, 5) is 16.5. The standard InChI is InChI=1S/C19H16FN5O4S/c1-11-12(2)23-29-19(11)24-30(27,28)15-6-4-14(5-7-15)21-18(26)16-10-25-9-13(20)3-8-17(25)22-16/h3-10,24H,1-2H3,(H,21,26). The van der Waals surface area contributed by atoms with E-state index in [1.807, 2.05) is 0 Å². The minimum atomic E-state index is -3.89. The predicted octanol–water partition coefficient (Wildman–Crippen LogP) is 3.13. The first-order valence-electron chi connectivity index (χ1n) is 8.74. The summed E-state index contributed by atoms with van der Waals surface area (Å²) in [6.45, 7) is 3.39. The van der Waals surface area contributed by atoms with Gasteiger partial charge in [0, 0.05) is 23.6 Å². The van der Waals surface area contributed by atoms with Crippen molar-refractivity contribution < 1.29 is 22.1 Å². The van der Waals surface area contributed by atoms with Crippen molar-refractivity contribution in [3.63, 3.8) is 0 Å². The highest BCUT2D eigenvalue weighted by Gasteiger charge is 2.19. The fourth-order valence-electron chi connectivity index (χ4n) is 2.68. The molecule has 0 atom stereocenters. The number of pyridine rings is 1. The molecule has 0 unspecified atom stereocenters. The lowest BCUT2D eigenvalue weighted by Crippen LogP contribution is -2.14. The zero-order valence-corrected chi connectivity index (χ0v) is 16.7. The molecule has 1 amide bonds. The average molecular weight is 429 g/mol.